The molecule has 2 amide bonds. The van der Waals surface area contributed by atoms with Gasteiger partial charge >= 0.3 is 0 Å². The lowest BCUT2D eigenvalue weighted by molar-refractivity contribution is -0.137. The second-order valence-electron chi connectivity index (χ2n) is 7.29. The zero-order valence-electron chi connectivity index (χ0n) is 15.7. The highest BCUT2D eigenvalue weighted by Gasteiger charge is 2.33. The van der Waals surface area contributed by atoms with Crippen LogP contribution in [0, 0.1) is 0 Å². The molecule has 2 aliphatic rings. The van der Waals surface area contributed by atoms with Gasteiger partial charge in [-0.2, -0.15) is 0 Å². The Morgan fingerprint density at radius 3 is 2.77 bits per heavy atom. The fourth-order valence-electron chi connectivity index (χ4n) is 3.71. The Labute approximate surface area is 160 Å². The van der Waals surface area contributed by atoms with E-state index in [2.05, 4.69) is 22.2 Å². The quantitative estimate of drug-likeness (QED) is 0.720. The number of rotatable bonds is 7. The summed E-state index contributed by atoms with van der Waals surface area (Å²) in [6, 6.07) is 3.65. The summed E-state index contributed by atoms with van der Waals surface area (Å²) in [6.07, 6.45) is 3.06. The molecule has 3 heterocycles. The van der Waals surface area contributed by atoms with Gasteiger partial charge in [-0.3, -0.25) is 9.59 Å². The van der Waals surface area contributed by atoms with Gasteiger partial charge in [0.25, 0.3) is 0 Å². The molecule has 0 saturated carbocycles. The van der Waals surface area contributed by atoms with Gasteiger partial charge in [0.05, 0.1) is 6.42 Å². The number of hydrogen-bond donors (Lipinski definition) is 1. The average Bonchev–Trinajstić information content (AvgIpc) is 3.31. The van der Waals surface area contributed by atoms with Crippen molar-refractivity contribution in [2.45, 2.75) is 31.7 Å². The molecular formula is C19H30N4O2S. The molecule has 26 heavy (non-hydrogen) atoms. The van der Waals surface area contributed by atoms with Crippen LogP contribution < -0.4 is 5.32 Å². The van der Waals surface area contributed by atoms with E-state index in [1.165, 1.54) is 0 Å². The summed E-state index contributed by atoms with van der Waals surface area (Å²) in [5.41, 5.74) is 0. The van der Waals surface area contributed by atoms with Crippen LogP contribution in [-0.2, 0) is 16.0 Å². The van der Waals surface area contributed by atoms with Gasteiger partial charge in [-0.05, 0) is 44.3 Å². The molecule has 0 aliphatic carbocycles. The third-order valence-electron chi connectivity index (χ3n) is 5.33. The summed E-state index contributed by atoms with van der Waals surface area (Å²) >= 11 is 1.59. The van der Waals surface area contributed by atoms with Crippen molar-refractivity contribution in [1.29, 1.82) is 0 Å². The third kappa shape index (κ3) is 5.28. The molecule has 2 saturated heterocycles. The molecule has 1 aromatic rings. The second-order valence-corrected chi connectivity index (χ2v) is 8.32. The zero-order valence-corrected chi connectivity index (χ0v) is 16.5. The van der Waals surface area contributed by atoms with E-state index in [0.29, 0.717) is 19.5 Å². The van der Waals surface area contributed by atoms with Crippen molar-refractivity contribution in [3.05, 3.63) is 22.4 Å². The summed E-state index contributed by atoms with van der Waals surface area (Å²) < 4.78 is 0. The van der Waals surface area contributed by atoms with Crippen molar-refractivity contribution in [3.8, 4) is 0 Å². The van der Waals surface area contributed by atoms with Crippen LogP contribution in [0.3, 0.4) is 0 Å². The lowest BCUT2D eigenvalue weighted by Crippen LogP contribution is -2.47. The van der Waals surface area contributed by atoms with Crippen LogP contribution in [0.2, 0.25) is 0 Å². The first-order valence-electron chi connectivity index (χ1n) is 9.64. The molecule has 0 bridgehead atoms. The van der Waals surface area contributed by atoms with E-state index in [9.17, 15) is 9.59 Å². The molecule has 0 aromatic carbocycles. The Bertz CT molecular complexity index is 584. The maximum Gasteiger partial charge on any atom is 0.242 e. The lowest BCUT2D eigenvalue weighted by Gasteiger charge is -2.32. The first-order chi connectivity index (χ1) is 12.6. The number of thiophene rings is 1. The number of nitrogens with one attached hydrogen (secondary N) is 1. The SMILES string of the molecule is CN1CCN(CCCNC(=O)C2CCCN2C(=O)Cc2cccs2)CC1. The van der Waals surface area contributed by atoms with Gasteiger partial charge in [-0.25, -0.2) is 0 Å². The predicted molar refractivity (Wildman–Crippen MR) is 104 cm³/mol. The predicted octanol–water partition coefficient (Wildman–Crippen LogP) is 1.04. The van der Waals surface area contributed by atoms with Crippen LogP contribution in [-0.4, -0.2) is 85.4 Å². The highest BCUT2D eigenvalue weighted by atomic mass is 32.1. The maximum absolute atomic E-state index is 12.5. The van der Waals surface area contributed by atoms with Gasteiger partial charge in [0.1, 0.15) is 6.04 Å². The van der Waals surface area contributed by atoms with E-state index in [-0.39, 0.29) is 17.9 Å². The molecule has 1 atom stereocenters. The van der Waals surface area contributed by atoms with E-state index >= 15 is 0 Å². The molecule has 1 aromatic heterocycles. The third-order valence-corrected chi connectivity index (χ3v) is 6.20. The minimum absolute atomic E-state index is 0.0143. The summed E-state index contributed by atoms with van der Waals surface area (Å²) in [6.45, 7) is 6.87. The van der Waals surface area contributed by atoms with Gasteiger partial charge in [-0.1, -0.05) is 6.07 Å². The van der Waals surface area contributed by atoms with Crippen LogP contribution in [0.5, 0.6) is 0 Å². The number of piperazine rings is 1. The molecule has 0 radical (unpaired) electrons. The number of likely N-dealkylation sites (tertiary alicyclic amines) is 1. The van der Waals surface area contributed by atoms with Crippen molar-refractivity contribution >= 4 is 23.2 Å². The molecule has 2 aliphatic heterocycles. The summed E-state index contributed by atoms with van der Waals surface area (Å²) in [5.74, 6) is 0.0861. The number of amides is 2. The molecule has 144 valence electrons. The Morgan fingerprint density at radius 2 is 2.04 bits per heavy atom. The fraction of sp³-hybridized carbons (Fsp3) is 0.684. The van der Waals surface area contributed by atoms with Crippen molar-refractivity contribution in [3.63, 3.8) is 0 Å². The van der Waals surface area contributed by atoms with Crippen LogP contribution in [0.15, 0.2) is 17.5 Å². The largest absolute Gasteiger partial charge is 0.354 e. The minimum Gasteiger partial charge on any atom is -0.354 e. The van der Waals surface area contributed by atoms with E-state index in [0.717, 1.165) is 56.9 Å². The Hall–Kier alpha value is -1.44. The molecular weight excluding hydrogens is 348 g/mol. The molecule has 2 fully saturated rings. The average molecular weight is 379 g/mol. The molecule has 0 spiro atoms. The molecule has 7 heteroatoms. The van der Waals surface area contributed by atoms with Gasteiger partial charge in [0.15, 0.2) is 0 Å². The van der Waals surface area contributed by atoms with Crippen LogP contribution in [0.4, 0.5) is 0 Å². The van der Waals surface area contributed by atoms with Crippen molar-refractivity contribution < 1.29 is 9.59 Å². The van der Waals surface area contributed by atoms with E-state index in [4.69, 9.17) is 0 Å². The smallest absolute Gasteiger partial charge is 0.242 e. The number of nitrogens with zero attached hydrogens (tertiary/aromatic N) is 3. The van der Waals surface area contributed by atoms with Crippen molar-refractivity contribution in [2.75, 3.05) is 52.9 Å². The van der Waals surface area contributed by atoms with Gasteiger partial charge in [-0.15, -0.1) is 11.3 Å². The number of carbonyl (C=O) groups excluding carboxylic acids is 2. The van der Waals surface area contributed by atoms with Crippen molar-refractivity contribution in [1.82, 2.24) is 20.0 Å². The number of carbonyl (C=O) groups is 2. The number of hydrogen-bond acceptors (Lipinski definition) is 5. The van der Waals surface area contributed by atoms with E-state index in [1.807, 2.05) is 17.5 Å². The summed E-state index contributed by atoms with van der Waals surface area (Å²) in [7, 11) is 2.16. The highest BCUT2D eigenvalue weighted by molar-refractivity contribution is 7.10. The fourth-order valence-corrected chi connectivity index (χ4v) is 4.40. The van der Waals surface area contributed by atoms with E-state index < -0.39 is 0 Å². The zero-order chi connectivity index (χ0) is 18.4. The Balaban J connectivity index is 1.38. The molecule has 1 unspecified atom stereocenters. The minimum atomic E-state index is -0.286. The Kier molecular flexibility index (Phi) is 7.05. The second kappa shape index (κ2) is 9.48. The van der Waals surface area contributed by atoms with Gasteiger partial charge in [0, 0.05) is 44.1 Å². The monoisotopic (exact) mass is 378 g/mol. The summed E-state index contributed by atoms with van der Waals surface area (Å²) in [5, 5.41) is 5.03. The van der Waals surface area contributed by atoms with Crippen LogP contribution in [0.1, 0.15) is 24.1 Å². The summed E-state index contributed by atoms with van der Waals surface area (Å²) in [4.78, 5) is 32.7. The first-order valence-corrected chi connectivity index (χ1v) is 10.5. The molecule has 6 nitrogen and oxygen atoms in total. The topological polar surface area (TPSA) is 55.9 Å². The Morgan fingerprint density at radius 1 is 1.23 bits per heavy atom. The van der Waals surface area contributed by atoms with Crippen LogP contribution >= 0.6 is 11.3 Å². The maximum atomic E-state index is 12.5. The van der Waals surface area contributed by atoms with E-state index in [1.54, 1.807) is 16.2 Å². The van der Waals surface area contributed by atoms with Crippen molar-refractivity contribution in [2.24, 2.45) is 0 Å². The molecule has 3 rings (SSSR count). The van der Waals surface area contributed by atoms with Crippen LogP contribution in [0.25, 0.3) is 0 Å². The standard InChI is InChI=1S/C19H30N4O2S/c1-21-10-12-22(13-11-21)8-4-7-20-19(25)17-6-2-9-23(17)18(24)15-16-5-3-14-26-16/h3,5,14,17H,2,4,6-13,15H2,1H3,(H,20,25). The first kappa shape index (κ1) is 19.3. The highest BCUT2D eigenvalue weighted by Crippen LogP contribution is 2.20. The van der Waals surface area contributed by atoms with Gasteiger partial charge in [0.2, 0.25) is 11.8 Å². The van der Waals surface area contributed by atoms with Gasteiger partial charge < -0.3 is 20.0 Å². The lowest BCUT2D eigenvalue weighted by atomic mass is 10.2. The normalized spacial score (nSPS) is 21.9. The number of likely N-dealkylation sites (N-methyl/N-ethyl adjacent to an activating group) is 1. The molecule has 1 N–H and O–H groups in total.